The Kier molecular flexibility index (Phi) is 5.66. The number of aliphatic hydroxyl groups excluding tert-OH is 1. The molecule has 3 N–H and O–H groups in total. The number of aliphatic hydroxyl groups is 1. The number of anilines is 1. The number of pyridine rings is 1. The molecule has 0 aliphatic heterocycles. The quantitative estimate of drug-likeness (QED) is 0.636. The van der Waals surface area contributed by atoms with Gasteiger partial charge in [0, 0.05) is 31.0 Å². The zero-order valence-corrected chi connectivity index (χ0v) is 14.3. The minimum atomic E-state index is -0.190. The number of Topliss-reactive ketones (excluding diaryl/α,β-unsaturated/α-hetero) is 1. The lowest BCUT2D eigenvalue weighted by Crippen LogP contribution is -2.11. The third-order valence-electron chi connectivity index (χ3n) is 4.03. The molecule has 2 heterocycles. The number of hydrogen-bond donors (Lipinski definition) is 2. The number of benzene rings is 1. The second-order valence-electron chi connectivity index (χ2n) is 5.97. The number of carbonyl (C=O) groups is 1. The normalized spacial score (nSPS) is 10.7. The summed E-state index contributed by atoms with van der Waals surface area (Å²) < 4.78 is 0. The zero-order chi connectivity index (χ0) is 18.4. The summed E-state index contributed by atoms with van der Waals surface area (Å²) in [5.74, 6) is -0.0633. The molecular weight excluding hydrogens is 328 g/mol. The first-order valence-corrected chi connectivity index (χ1v) is 8.42. The highest BCUT2D eigenvalue weighted by atomic mass is 16.2. The molecule has 3 aromatic rings. The van der Waals surface area contributed by atoms with Crippen molar-refractivity contribution < 1.29 is 9.90 Å². The summed E-state index contributed by atoms with van der Waals surface area (Å²) >= 11 is 0. The van der Waals surface area contributed by atoms with Gasteiger partial charge in [-0.1, -0.05) is 30.3 Å². The SMILES string of the molecule is Nc1ncc(-c2ccc(CCCO)cc2)nc1C(=O)Cc1cccnc1. The molecular formula is C20H20N4O2. The van der Waals surface area contributed by atoms with Gasteiger partial charge < -0.3 is 10.8 Å². The first-order valence-electron chi connectivity index (χ1n) is 8.42. The minimum absolute atomic E-state index is 0.127. The zero-order valence-electron chi connectivity index (χ0n) is 14.3. The van der Waals surface area contributed by atoms with Crippen LogP contribution in [0.3, 0.4) is 0 Å². The molecule has 0 radical (unpaired) electrons. The van der Waals surface area contributed by atoms with E-state index in [4.69, 9.17) is 10.8 Å². The van der Waals surface area contributed by atoms with Crippen molar-refractivity contribution in [2.24, 2.45) is 0 Å². The summed E-state index contributed by atoms with van der Waals surface area (Å²) in [6.07, 6.45) is 6.60. The van der Waals surface area contributed by atoms with Gasteiger partial charge in [-0.05, 0) is 30.0 Å². The van der Waals surface area contributed by atoms with Gasteiger partial charge >= 0.3 is 0 Å². The largest absolute Gasteiger partial charge is 0.396 e. The summed E-state index contributed by atoms with van der Waals surface area (Å²) in [4.78, 5) is 25.1. The molecule has 6 heteroatoms. The molecule has 0 bridgehead atoms. The first kappa shape index (κ1) is 17.7. The van der Waals surface area contributed by atoms with Crippen molar-refractivity contribution in [3.8, 4) is 11.3 Å². The van der Waals surface area contributed by atoms with Crippen molar-refractivity contribution in [2.75, 3.05) is 12.3 Å². The van der Waals surface area contributed by atoms with E-state index in [1.54, 1.807) is 24.7 Å². The fourth-order valence-electron chi connectivity index (χ4n) is 2.64. The van der Waals surface area contributed by atoms with E-state index in [0.717, 1.165) is 29.5 Å². The molecule has 2 aromatic heterocycles. The van der Waals surface area contributed by atoms with Gasteiger partial charge in [0.1, 0.15) is 5.69 Å². The van der Waals surface area contributed by atoms with Crippen LogP contribution in [0.15, 0.2) is 55.0 Å². The van der Waals surface area contributed by atoms with Gasteiger partial charge in [-0.3, -0.25) is 9.78 Å². The topological polar surface area (TPSA) is 102 Å². The van der Waals surface area contributed by atoms with E-state index in [1.165, 1.54) is 0 Å². The van der Waals surface area contributed by atoms with Crippen LogP contribution in [-0.4, -0.2) is 32.4 Å². The van der Waals surface area contributed by atoms with Crippen molar-refractivity contribution >= 4 is 11.6 Å². The number of nitrogen functional groups attached to an aromatic ring is 1. The average molecular weight is 348 g/mol. The maximum atomic E-state index is 12.6. The third-order valence-corrected chi connectivity index (χ3v) is 4.03. The lowest BCUT2D eigenvalue weighted by atomic mass is 10.1. The number of nitrogens with zero attached hydrogens (tertiary/aromatic N) is 3. The van der Waals surface area contributed by atoms with Crippen molar-refractivity contribution in [1.29, 1.82) is 0 Å². The predicted molar refractivity (Wildman–Crippen MR) is 99.6 cm³/mol. The van der Waals surface area contributed by atoms with Crippen LogP contribution in [0.4, 0.5) is 5.82 Å². The van der Waals surface area contributed by atoms with Gasteiger partial charge in [-0.25, -0.2) is 9.97 Å². The summed E-state index contributed by atoms with van der Waals surface area (Å²) in [7, 11) is 0. The Balaban J connectivity index is 1.82. The van der Waals surface area contributed by atoms with Gasteiger partial charge in [0.2, 0.25) is 0 Å². The van der Waals surface area contributed by atoms with E-state index >= 15 is 0 Å². The lowest BCUT2D eigenvalue weighted by molar-refractivity contribution is 0.0989. The van der Waals surface area contributed by atoms with Crippen LogP contribution in [0.5, 0.6) is 0 Å². The summed E-state index contributed by atoms with van der Waals surface area (Å²) in [5.41, 5.74) is 9.45. The van der Waals surface area contributed by atoms with Gasteiger partial charge in [-0.15, -0.1) is 0 Å². The molecule has 132 valence electrons. The monoisotopic (exact) mass is 348 g/mol. The predicted octanol–water partition coefficient (Wildman–Crippen LogP) is 2.47. The number of ketones is 1. The van der Waals surface area contributed by atoms with Crippen LogP contribution in [-0.2, 0) is 12.8 Å². The van der Waals surface area contributed by atoms with Crippen LogP contribution in [0.25, 0.3) is 11.3 Å². The van der Waals surface area contributed by atoms with Crippen LogP contribution in [0, 0.1) is 0 Å². The van der Waals surface area contributed by atoms with Gasteiger partial charge in [-0.2, -0.15) is 0 Å². The van der Waals surface area contributed by atoms with Crippen LogP contribution in [0.2, 0.25) is 0 Å². The van der Waals surface area contributed by atoms with Crippen molar-refractivity contribution in [1.82, 2.24) is 15.0 Å². The van der Waals surface area contributed by atoms with E-state index < -0.39 is 0 Å². The van der Waals surface area contributed by atoms with E-state index in [1.807, 2.05) is 30.3 Å². The van der Waals surface area contributed by atoms with E-state index in [2.05, 4.69) is 15.0 Å². The molecule has 0 unspecified atom stereocenters. The molecule has 0 aliphatic carbocycles. The highest BCUT2D eigenvalue weighted by Gasteiger charge is 2.15. The molecule has 0 spiro atoms. The molecule has 1 aromatic carbocycles. The second-order valence-corrected chi connectivity index (χ2v) is 5.97. The minimum Gasteiger partial charge on any atom is -0.396 e. The van der Waals surface area contributed by atoms with Crippen molar-refractivity contribution in [3.63, 3.8) is 0 Å². The standard InChI is InChI=1S/C20H20N4O2/c21-20-19(18(26)11-15-3-1-9-22-12-15)24-17(13-23-20)16-7-5-14(6-8-16)4-2-10-25/h1,3,5-9,12-13,25H,2,4,10-11H2,(H2,21,23). The number of hydrogen-bond acceptors (Lipinski definition) is 6. The number of nitrogens with two attached hydrogens (primary N) is 1. The first-order chi connectivity index (χ1) is 12.7. The Morgan fingerprint density at radius 3 is 2.58 bits per heavy atom. The molecule has 3 rings (SSSR count). The molecule has 0 atom stereocenters. The average Bonchev–Trinajstić information content (AvgIpc) is 2.68. The Hall–Kier alpha value is -3.12. The Morgan fingerprint density at radius 2 is 1.88 bits per heavy atom. The Labute approximate surface area is 151 Å². The molecule has 0 saturated heterocycles. The van der Waals surface area contributed by atoms with Crippen LogP contribution < -0.4 is 5.73 Å². The van der Waals surface area contributed by atoms with Crippen LogP contribution in [0.1, 0.15) is 28.0 Å². The summed E-state index contributed by atoms with van der Waals surface area (Å²) in [5, 5.41) is 8.91. The van der Waals surface area contributed by atoms with Crippen molar-refractivity contribution in [3.05, 3.63) is 71.8 Å². The van der Waals surface area contributed by atoms with E-state index in [-0.39, 0.29) is 30.3 Å². The molecule has 0 aliphatic rings. The fourth-order valence-corrected chi connectivity index (χ4v) is 2.64. The fraction of sp³-hybridized carbons (Fsp3) is 0.200. The summed E-state index contributed by atoms with van der Waals surface area (Å²) in [6.45, 7) is 0.174. The van der Waals surface area contributed by atoms with E-state index in [9.17, 15) is 4.79 Å². The highest BCUT2D eigenvalue weighted by molar-refractivity contribution is 5.99. The smallest absolute Gasteiger partial charge is 0.189 e. The second kappa shape index (κ2) is 8.31. The Morgan fingerprint density at radius 1 is 1.08 bits per heavy atom. The number of aromatic nitrogens is 3. The van der Waals surface area contributed by atoms with Gasteiger partial charge in [0.25, 0.3) is 0 Å². The number of carbonyl (C=O) groups excluding carboxylic acids is 1. The summed E-state index contributed by atoms with van der Waals surface area (Å²) in [6, 6.07) is 11.5. The maximum Gasteiger partial charge on any atom is 0.189 e. The highest BCUT2D eigenvalue weighted by Crippen LogP contribution is 2.20. The van der Waals surface area contributed by atoms with Gasteiger partial charge in [0.05, 0.1) is 11.9 Å². The Bertz CT molecular complexity index is 880. The maximum absolute atomic E-state index is 12.6. The number of aryl methyl sites for hydroxylation is 1. The molecule has 0 amide bonds. The molecule has 26 heavy (non-hydrogen) atoms. The van der Waals surface area contributed by atoms with Crippen molar-refractivity contribution in [2.45, 2.75) is 19.3 Å². The third kappa shape index (κ3) is 4.29. The number of rotatable bonds is 7. The van der Waals surface area contributed by atoms with E-state index in [0.29, 0.717) is 5.69 Å². The molecule has 0 fully saturated rings. The van der Waals surface area contributed by atoms with Gasteiger partial charge in [0.15, 0.2) is 11.6 Å². The van der Waals surface area contributed by atoms with Crippen LogP contribution >= 0.6 is 0 Å². The lowest BCUT2D eigenvalue weighted by Gasteiger charge is -2.07. The molecule has 6 nitrogen and oxygen atoms in total. The molecule has 0 saturated carbocycles.